The lowest BCUT2D eigenvalue weighted by atomic mass is 10.2. The first kappa shape index (κ1) is 19.6. The molecule has 29 heavy (non-hydrogen) atoms. The number of pyridine rings is 1. The Morgan fingerprint density at radius 2 is 1.97 bits per heavy atom. The van der Waals surface area contributed by atoms with Crippen molar-refractivity contribution in [2.75, 3.05) is 16.9 Å². The summed E-state index contributed by atoms with van der Waals surface area (Å²) >= 11 is 1.21. The third-order valence-corrected chi connectivity index (χ3v) is 5.36. The second kappa shape index (κ2) is 7.25. The molecular weight excluding hydrogens is 403 g/mol. The molecule has 1 aromatic carbocycles. The predicted molar refractivity (Wildman–Crippen MR) is 106 cm³/mol. The molecule has 3 N–H and O–H groups in total. The van der Waals surface area contributed by atoms with Gasteiger partial charge in [-0.1, -0.05) is 0 Å². The SMILES string of the molecule is CSc1cc(C(F)(F)F)ccc1Nc1cc(NC(=O)C2CC2)nc2nc(C)[nH]c12. The van der Waals surface area contributed by atoms with E-state index >= 15 is 0 Å². The van der Waals surface area contributed by atoms with Crippen LogP contribution in [0, 0.1) is 12.8 Å². The van der Waals surface area contributed by atoms with Gasteiger partial charge in [-0.15, -0.1) is 11.8 Å². The average molecular weight is 421 g/mol. The topological polar surface area (TPSA) is 82.7 Å². The summed E-state index contributed by atoms with van der Waals surface area (Å²) in [6.45, 7) is 1.78. The molecule has 1 fully saturated rings. The number of fused-ring (bicyclic) bond motifs is 1. The molecule has 0 atom stereocenters. The van der Waals surface area contributed by atoms with Crippen molar-refractivity contribution < 1.29 is 18.0 Å². The second-order valence-corrected chi connectivity index (χ2v) is 7.73. The van der Waals surface area contributed by atoms with Crippen molar-refractivity contribution in [3.8, 4) is 0 Å². The number of amides is 1. The zero-order valence-electron chi connectivity index (χ0n) is 15.6. The molecule has 4 rings (SSSR count). The number of hydrogen-bond acceptors (Lipinski definition) is 5. The number of rotatable bonds is 5. The maximum absolute atomic E-state index is 13.0. The Kier molecular flexibility index (Phi) is 4.89. The molecule has 0 unspecified atom stereocenters. The van der Waals surface area contributed by atoms with Gasteiger partial charge in [0.15, 0.2) is 5.65 Å². The summed E-state index contributed by atoms with van der Waals surface area (Å²) < 4.78 is 39.1. The summed E-state index contributed by atoms with van der Waals surface area (Å²) in [4.78, 5) is 24.3. The zero-order chi connectivity index (χ0) is 20.8. The molecule has 1 aliphatic rings. The van der Waals surface area contributed by atoms with E-state index in [1.807, 2.05) is 0 Å². The van der Waals surface area contributed by atoms with Crippen molar-refractivity contribution in [2.45, 2.75) is 30.8 Å². The van der Waals surface area contributed by atoms with E-state index in [-0.39, 0.29) is 11.8 Å². The molecule has 0 radical (unpaired) electrons. The van der Waals surface area contributed by atoms with Gasteiger partial charge < -0.3 is 15.6 Å². The Morgan fingerprint density at radius 3 is 2.62 bits per heavy atom. The number of thioether (sulfide) groups is 1. The number of halogens is 3. The molecule has 0 aliphatic heterocycles. The van der Waals surface area contributed by atoms with Crippen molar-refractivity contribution in [2.24, 2.45) is 5.92 Å². The molecule has 2 aromatic heterocycles. The van der Waals surface area contributed by atoms with Gasteiger partial charge in [0.2, 0.25) is 5.91 Å². The van der Waals surface area contributed by atoms with E-state index < -0.39 is 11.7 Å². The minimum atomic E-state index is -4.41. The highest BCUT2D eigenvalue weighted by Crippen LogP contribution is 2.37. The maximum atomic E-state index is 13.0. The highest BCUT2D eigenvalue weighted by atomic mass is 32.2. The lowest BCUT2D eigenvalue weighted by Gasteiger charge is -2.15. The number of aryl methyl sites for hydroxylation is 1. The number of carbonyl (C=O) groups excluding carboxylic acids is 1. The summed E-state index contributed by atoms with van der Waals surface area (Å²) in [6, 6.07) is 5.20. The molecule has 1 amide bonds. The summed E-state index contributed by atoms with van der Waals surface area (Å²) in [5, 5.41) is 5.96. The summed E-state index contributed by atoms with van der Waals surface area (Å²) in [6.07, 6.45) is -0.967. The molecule has 3 aromatic rings. The zero-order valence-corrected chi connectivity index (χ0v) is 16.5. The van der Waals surface area contributed by atoms with Gasteiger partial charge in [-0.2, -0.15) is 13.2 Å². The fourth-order valence-corrected chi connectivity index (χ4v) is 3.54. The molecule has 0 bridgehead atoms. The normalized spacial score (nSPS) is 14.2. The van der Waals surface area contributed by atoms with Crippen LogP contribution < -0.4 is 10.6 Å². The van der Waals surface area contributed by atoms with E-state index in [0.29, 0.717) is 39.1 Å². The van der Waals surface area contributed by atoms with E-state index in [1.165, 1.54) is 17.8 Å². The van der Waals surface area contributed by atoms with Crippen molar-refractivity contribution >= 4 is 46.0 Å². The number of aromatic nitrogens is 3. The van der Waals surface area contributed by atoms with Crippen molar-refractivity contribution in [1.82, 2.24) is 15.0 Å². The first-order valence-electron chi connectivity index (χ1n) is 8.95. The molecule has 2 heterocycles. The minimum absolute atomic E-state index is 0.0165. The van der Waals surface area contributed by atoms with Crippen LogP contribution in [0.1, 0.15) is 24.2 Å². The van der Waals surface area contributed by atoms with Crippen LogP contribution in [-0.4, -0.2) is 27.1 Å². The van der Waals surface area contributed by atoms with Gasteiger partial charge in [0.05, 0.1) is 16.9 Å². The molecule has 1 saturated carbocycles. The minimum Gasteiger partial charge on any atom is -0.353 e. The third-order valence-electron chi connectivity index (χ3n) is 4.58. The Bertz CT molecular complexity index is 1090. The van der Waals surface area contributed by atoms with Gasteiger partial charge in [0.1, 0.15) is 17.2 Å². The van der Waals surface area contributed by atoms with Gasteiger partial charge in [-0.05, 0) is 44.2 Å². The van der Waals surface area contributed by atoms with Crippen LogP contribution in [0.4, 0.5) is 30.4 Å². The number of benzene rings is 1. The van der Waals surface area contributed by atoms with Crippen LogP contribution >= 0.6 is 11.8 Å². The maximum Gasteiger partial charge on any atom is 0.416 e. The first-order valence-corrected chi connectivity index (χ1v) is 10.2. The smallest absolute Gasteiger partial charge is 0.353 e. The van der Waals surface area contributed by atoms with Crippen LogP contribution in [0.2, 0.25) is 0 Å². The second-order valence-electron chi connectivity index (χ2n) is 6.88. The lowest BCUT2D eigenvalue weighted by Crippen LogP contribution is -2.14. The average Bonchev–Trinajstić information content (AvgIpc) is 3.43. The number of alkyl halides is 3. The van der Waals surface area contributed by atoms with Crippen LogP contribution in [-0.2, 0) is 11.0 Å². The van der Waals surface area contributed by atoms with Crippen LogP contribution in [0.25, 0.3) is 11.2 Å². The monoisotopic (exact) mass is 421 g/mol. The van der Waals surface area contributed by atoms with Gasteiger partial charge in [0.25, 0.3) is 0 Å². The Hall–Kier alpha value is -2.75. The molecule has 0 saturated heterocycles. The number of anilines is 3. The highest BCUT2D eigenvalue weighted by Gasteiger charge is 2.31. The van der Waals surface area contributed by atoms with Crippen LogP contribution in [0.5, 0.6) is 0 Å². The third kappa shape index (κ3) is 4.16. The number of H-pyrrole nitrogens is 1. The number of nitrogens with one attached hydrogen (secondary N) is 3. The Labute approximate surface area is 168 Å². The molecule has 6 nitrogen and oxygen atoms in total. The van der Waals surface area contributed by atoms with Gasteiger partial charge in [0, 0.05) is 16.9 Å². The molecular formula is C19H18F3N5OS. The largest absolute Gasteiger partial charge is 0.416 e. The highest BCUT2D eigenvalue weighted by molar-refractivity contribution is 7.98. The Morgan fingerprint density at radius 1 is 1.21 bits per heavy atom. The number of nitrogens with zero attached hydrogens (tertiary/aromatic N) is 2. The van der Waals surface area contributed by atoms with E-state index in [2.05, 4.69) is 25.6 Å². The Balaban J connectivity index is 1.72. The summed E-state index contributed by atoms with van der Waals surface area (Å²) in [7, 11) is 0. The molecule has 152 valence electrons. The summed E-state index contributed by atoms with van der Waals surface area (Å²) in [5.74, 6) is 0.914. The van der Waals surface area contributed by atoms with E-state index in [9.17, 15) is 18.0 Å². The van der Waals surface area contributed by atoms with Gasteiger partial charge in [-0.3, -0.25) is 4.79 Å². The number of hydrogen-bond donors (Lipinski definition) is 3. The molecule has 1 aliphatic carbocycles. The summed E-state index contributed by atoms with van der Waals surface area (Å²) in [5.41, 5.74) is 1.40. The van der Waals surface area contributed by atoms with Crippen molar-refractivity contribution in [3.63, 3.8) is 0 Å². The van der Waals surface area contributed by atoms with E-state index in [0.717, 1.165) is 25.0 Å². The fourth-order valence-electron chi connectivity index (χ4n) is 2.96. The lowest BCUT2D eigenvalue weighted by molar-refractivity contribution is -0.137. The van der Waals surface area contributed by atoms with Crippen LogP contribution in [0.3, 0.4) is 0 Å². The molecule has 10 heteroatoms. The predicted octanol–water partition coefficient (Wildman–Crippen LogP) is 5.10. The van der Waals surface area contributed by atoms with E-state index in [4.69, 9.17) is 0 Å². The van der Waals surface area contributed by atoms with Crippen molar-refractivity contribution in [1.29, 1.82) is 0 Å². The number of imidazole rings is 1. The fraction of sp³-hybridized carbons (Fsp3) is 0.316. The first-order chi connectivity index (χ1) is 13.7. The number of aromatic amines is 1. The van der Waals surface area contributed by atoms with Gasteiger partial charge in [-0.25, -0.2) is 9.97 Å². The van der Waals surface area contributed by atoms with E-state index in [1.54, 1.807) is 19.2 Å². The molecule has 0 spiro atoms. The quantitative estimate of drug-likeness (QED) is 0.500. The van der Waals surface area contributed by atoms with Crippen LogP contribution in [0.15, 0.2) is 29.2 Å². The van der Waals surface area contributed by atoms with Crippen molar-refractivity contribution in [3.05, 3.63) is 35.7 Å². The number of carbonyl (C=O) groups is 1. The standard InChI is InChI=1S/C19H18F3N5OS/c1-9-23-16-13(8-15(26-17(16)24-9)27-18(28)10-3-4-10)25-12-6-5-11(19(20,21)22)7-14(12)29-2/h5-8,10H,3-4H2,1-2H3,(H3,23,24,25,26,27,28). The van der Waals surface area contributed by atoms with Gasteiger partial charge >= 0.3 is 6.18 Å².